The van der Waals surface area contributed by atoms with Crippen LogP contribution in [0.25, 0.3) is 0 Å². The number of aromatic nitrogens is 1. The minimum atomic E-state index is 0.0719. The van der Waals surface area contributed by atoms with E-state index in [1.807, 2.05) is 12.3 Å². The van der Waals surface area contributed by atoms with Crippen molar-refractivity contribution >= 4 is 21.8 Å². The van der Waals surface area contributed by atoms with Gasteiger partial charge in [-0.15, -0.1) is 0 Å². The van der Waals surface area contributed by atoms with E-state index in [4.69, 9.17) is 0 Å². The third kappa shape index (κ3) is 1.71. The van der Waals surface area contributed by atoms with E-state index in [2.05, 4.69) is 20.5 Å². The smallest absolute Gasteiger partial charge is 0.270 e. The molecule has 0 atom stereocenters. The molecule has 0 radical (unpaired) electrons. The lowest BCUT2D eigenvalue weighted by Crippen LogP contribution is -2.24. The third-order valence-corrected chi connectivity index (χ3v) is 2.81. The van der Waals surface area contributed by atoms with Gasteiger partial charge in [0.2, 0.25) is 0 Å². The molecule has 76 valence electrons. The van der Waals surface area contributed by atoms with E-state index in [1.54, 1.807) is 19.0 Å². The van der Waals surface area contributed by atoms with E-state index in [-0.39, 0.29) is 5.91 Å². The molecule has 0 N–H and O–H groups in total. The summed E-state index contributed by atoms with van der Waals surface area (Å²) in [7, 11) is 3.56. The first-order valence-corrected chi connectivity index (χ1v) is 5.48. The molecule has 1 aromatic heterocycles. The summed E-state index contributed by atoms with van der Waals surface area (Å²) in [5.41, 5.74) is 0.782. The van der Waals surface area contributed by atoms with Crippen molar-refractivity contribution in [2.75, 3.05) is 14.1 Å². The van der Waals surface area contributed by atoms with Crippen molar-refractivity contribution in [3.63, 3.8) is 0 Å². The highest BCUT2D eigenvalue weighted by Crippen LogP contribution is 2.37. The largest absolute Gasteiger partial charge is 0.343 e. The average molecular weight is 257 g/mol. The molecule has 14 heavy (non-hydrogen) atoms. The van der Waals surface area contributed by atoms with Crippen molar-refractivity contribution in [1.29, 1.82) is 0 Å². The molecule has 1 aromatic rings. The maximum absolute atomic E-state index is 11.8. The second-order valence-corrected chi connectivity index (χ2v) is 4.80. The number of amides is 1. The maximum atomic E-state index is 11.8. The van der Waals surface area contributed by atoms with E-state index in [9.17, 15) is 4.79 Å². The van der Waals surface area contributed by atoms with Crippen molar-refractivity contribution in [2.24, 2.45) is 0 Å². The van der Waals surface area contributed by atoms with Gasteiger partial charge < -0.3 is 9.47 Å². The zero-order valence-corrected chi connectivity index (χ0v) is 9.91. The van der Waals surface area contributed by atoms with Crippen molar-refractivity contribution in [3.8, 4) is 0 Å². The normalized spacial score (nSPS) is 15.6. The molecule has 1 fully saturated rings. The van der Waals surface area contributed by atoms with Crippen LogP contribution in [0.3, 0.4) is 0 Å². The van der Waals surface area contributed by atoms with Crippen LogP contribution in [0, 0.1) is 0 Å². The Morgan fingerprint density at radius 1 is 1.57 bits per heavy atom. The number of nitrogens with zero attached hydrogens (tertiary/aromatic N) is 2. The summed E-state index contributed by atoms with van der Waals surface area (Å²) < 4.78 is 3.06. The Morgan fingerprint density at radius 3 is 2.71 bits per heavy atom. The van der Waals surface area contributed by atoms with Gasteiger partial charge in [-0.2, -0.15) is 0 Å². The van der Waals surface area contributed by atoms with Crippen molar-refractivity contribution in [2.45, 2.75) is 18.9 Å². The molecule has 4 heteroatoms. The Hall–Kier alpha value is -0.770. The lowest BCUT2D eigenvalue weighted by molar-refractivity contribution is 0.0817. The molecule has 0 spiro atoms. The first-order valence-electron chi connectivity index (χ1n) is 4.68. The van der Waals surface area contributed by atoms with E-state index in [0.29, 0.717) is 6.04 Å². The lowest BCUT2D eigenvalue weighted by atomic mass is 10.4. The summed E-state index contributed by atoms with van der Waals surface area (Å²) in [5.74, 6) is 0.0719. The number of carbonyl (C=O) groups is 1. The van der Waals surface area contributed by atoms with Gasteiger partial charge in [0.25, 0.3) is 5.91 Å². The van der Waals surface area contributed by atoms with Gasteiger partial charge in [-0.3, -0.25) is 4.79 Å². The molecule has 0 bridgehead atoms. The molecule has 1 saturated carbocycles. The Labute approximate surface area is 91.8 Å². The second kappa shape index (κ2) is 3.42. The van der Waals surface area contributed by atoms with Crippen LogP contribution in [0.1, 0.15) is 29.4 Å². The predicted molar refractivity (Wildman–Crippen MR) is 58.4 cm³/mol. The van der Waals surface area contributed by atoms with Crippen molar-refractivity contribution in [1.82, 2.24) is 9.47 Å². The molecule has 2 rings (SSSR count). The van der Waals surface area contributed by atoms with Gasteiger partial charge in [-0.25, -0.2) is 0 Å². The molecule has 0 unspecified atom stereocenters. The van der Waals surface area contributed by atoms with Gasteiger partial charge in [0.05, 0.1) is 0 Å². The molecule has 1 heterocycles. The van der Waals surface area contributed by atoms with E-state index in [1.165, 1.54) is 12.8 Å². The monoisotopic (exact) mass is 256 g/mol. The van der Waals surface area contributed by atoms with Gasteiger partial charge >= 0.3 is 0 Å². The summed E-state index contributed by atoms with van der Waals surface area (Å²) in [6.45, 7) is 0. The summed E-state index contributed by atoms with van der Waals surface area (Å²) in [4.78, 5) is 13.4. The van der Waals surface area contributed by atoms with Gasteiger partial charge in [0.15, 0.2) is 0 Å². The van der Waals surface area contributed by atoms with E-state index < -0.39 is 0 Å². The molecule has 1 amide bonds. The Bertz CT molecular complexity index is 366. The van der Waals surface area contributed by atoms with Crippen LogP contribution in [0.15, 0.2) is 16.7 Å². The highest BCUT2D eigenvalue weighted by Gasteiger charge is 2.28. The summed E-state index contributed by atoms with van der Waals surface area (Å²) in [6, 6.07) is 2.43. The van der Waals surface area contributed by atoms with Gasteiger partial charge in [0.1, 0.15) is 5.69 Å². The standard InChI is InChI=1S/C10H13BrN2O/c1-12(2)10(14)9-5-7(11)6-13(9)8-3-4-8/h5-6,8H,3-4H2,1-2H3. The third-order valence-electron chi connectivity index (χ3n) is 2.38. The van der Waals surface area contributed by atoms with Gasteiger partial charge in [-0.1, -0.05) is 0 Å². The number of hydrogen-bond donors (Lipinski definition) is 0. The molecule has 0 aromatic carbocycles. The van der Waals surface area contributed by atoms with Crippen LogP contribution in [0.4, 0.5) is 0 Å². The van der Waals surface area contributed by atoms with Crippen LogP contribution in [0.2, 0.25) is 0 Å². The first kappa shape index (κ1) is 9.77. The molecule has 3 nitrogen and oxygen atoms in total. The van der Waals surface area contributed by atoms with Crippen molar-refractivity contribution in [3.05, 3.63) is 22.4 Å². The van der Waals surface area contributed by atoms with Gasteiger partial charge in [-0.05, 0) is 34.8 Å². The zero-order chi connectivity index (χ0) is 10.3. The van der Waals surface area contributed by atoms with Crippen LogP contribution in [0.5, 0.6) is 0 Å². The van der Waals surface area contributed by atoms with E-state index >= 15 is 0 Å². The fraction of sp³-hybridized carbons (Fsp3) is 0.500. The summed E-state index contributed by atoms with van der Waals surface area (Å²) in [6.07, 6.45) is 4.37. The lowest BCUT2D eigenvalue weighted by Gasteiger charge is -2.12. The number of carbonyl (C=O) groups excluding carboxylic acids is 1. The molecule has 1 aliphatic rings. The molecule has 1 aliphatic carbocycles. The average Bonchev–Trinajstić information content (AvgIpc) is 2.88. The molecule has 0 saturated heterocycles. The highest BCUT2D eigenvalue weighted by molar-refractivity contribution is 9.10. The molecular formula is C10H13BrN2O. The molecular weight excluding hydrogens is 244 g/mol. The topological polar surface area (TPSA) is 25.2 Å². The van der Waals surface area contributed by atoms with E-state index in [0.717, 1.165) is 10.2 Å². The fourth-order valence-electron chi connectivity index (χ4n) is 1.50. The maximum Gasteiger partial charge on any atom is 0.270 e. The summed E-state index contributed by atoms with van der Waals surface area (Å²) in [5, 5.41) is 0. The minimum absolute atomic E-state index is 0.0719. The fourth-order valence-corrected chi connectivity index (χ4v) is 1.94. The SMILES string of the molecule is CN(C)C(=O)c1cc(Br)cn1C1CC1. The van der Waals surface area contributed by atoms with Crippen LogP contribution >= 0.6 is 15.9 Å². The van der Waals surface area contributed by atoms with Gasteiger partial charge in [0, 0.05) is 30.8 Å². The Kier molecular flexibility index (Phi) is 2.39. The predicted octanol–water partition coefficient (Wildman–Crippen LogP) is 2.29. The number of rotatable bonds is 2. The van der Waals surface area contributed by atoms with Crippen LogP contribution in [-0.4, -0.2) is 29.5 Å². The second-order valence-electron chi connectivity index (χ2n) is 3.88. The highest BCUT2D eigenvalue weighted by atomic mass is 79.9. The first-order chi connectivity index (χ1) is 6.59. The summed E-state index contributed by atoms with van der Waals surface area (Å²) >= 11 is 3.40. The van der Waals surface area contributed by atoms with Crippen molar-refractivity contribution < 1.29 is 4.79 Å². The number of halogens is 1. The zero-order valence-electron chi connectivity index (χ0n) is 8.33. The van der Waals surface area contributed by atoms with Crippen LogP contribution < -0.4 is 0 Å². The Balaban J connectivity index is 2.35. The molecule has 0 aliphatic heterocycles. The number of hydrogen-bond acceptors (Lipinski definition) is 1. The minimum Gasteiger partial charge on any atom is -0.343 e. The quantitative estimate of drug-likeness (QED) is 0.797. The Morgan fingerprint density at radius 2 is 2.21 bits per heavy atom. The van der Waals surface area contributed by atoms with Crippen LogP contribution in [-0.2, 0) is 0 Å².